The topological polar surface area (TPSA) is 15.3 Å². The lowest BCUT2D eigenvalue weighted by atomic mass is 10.0. The highest BCUT2D eigenvalue weighted by molar-refractivity contribution is 6.31. The van der Waals surface area contributed by atoms with Gasteiger partial charge in [-0.1, -0.05) is 17.7 Å². The van der Waals surface area contributed by atoms with Gasteiger partial charge >= 0.3 is 0 Å². The molecule has 0 amide bonds. The molecular formula is C13H19Cl2FN2. The fourth-order valence-corrected chi connectivity index (χ4v) is 2.50. The van der Waals surface area contributed by atoms with Crippen molar-refractivity contribution in [2.24, 2.45) is 0 Å². The standard InChI is InChI=1S/C13H18ClFN2.ClH/c1-16-12-4-6-17(7-5-12)9-10-2-3-11(15)8-13(10)14;/h2-3,8,12,16H,4-7,9H2,1H3;1H. The minimum Gasteiger partial charge on any atom is -0.317 e. The van der Waals surface area contributed by atoms with E-state index in [0.29, 0.717) is 11.1 Å². The molecule has 0 radical (unpaired) electrons. The molecule has 1 aromatic rings. The van der Waals surface area contributed by atoms with Crippen LogP contribution >= 0.6 is 24.0 Å². The quantitative estimate of drug-likeness (QED) is 0.921. The molecule has 0 saturated carbocycles. The van der Waals surface area contributed by atoms with Gasteiger partial charge in [-0.05, 0) is 50.7 Å². The third-order valence-corrected chi connectivity index (χ3v) is 3.76. The molecule has 2 rings (SSSR count). The van der Waals surface area contributed by atoms with E-state index < -0.39 is 0 Å². The molecule has 0 unspecified atom stereocenters. The van der Waals surface area contributed by atoms with Crippen molar-refractivity contribution < 1.29 is 4.39 Å². The van der Waals surface area contributed by atoms with E-state index in [1.54, 1.807) is 6.07 Å². The lowest BCUT2D eigenvalue weighted by Crippen LogP contribution is -2.40. The van der Waals surface area contributed by atoms with Gasteiger partial charge in [-0.3, -0.25) is 4.90 Å². The molecule has 1 aliphatic rings. The Morgan fingerprint density at radius 3 is 2.61 bits per heavy atom. The molecule has 0 spiro atoms. The average molecular weight is 293 g/mol. The number of hydrogen-bond acceptors (Lipinski definition) is 2. The van der Waals surface area contributed by atoms with Crippen molar-refractivity contribution in [1.29, 1.82) is 0 Å². The highest BCUT2D eigenvalue weighted by Crippen LogP contribution is 2.21. The number of halogens is 3. The molecule has 1 aromatic carbocycles. The zero-order valence-corrected chi connectivity index (χ0v) is 12.0. The molecule has 5 heteroatoms. The third-order valence-electron chi connectivity index (χ3n) is 3.40. The average Bonchev–Trinajstić information content (AvgIpc) is 2.34. The van der Waals surface area contributed by atoms with Crippen LogP contribution in [0.5, 0.6) is 0 Å². The molecule has 0 atom stereocenters. The van der Waals surface area contributed by atoms with Gasteiger partial charge < -0.3 is 5.32 Å². The number of nitrogens with zero attached hydrogens (tertiary/aromatic N) is 1. The summed E-state index contributed by atoms with van der Waals surface area (Å²) in [6.45, 7) is 2.95. The Morgan fingerprint density at radius 2 is 2.06 bits per heavy atom. The van der Waals surface area contributed by atoms with Crippen LogP contribution in [-0.2, 0) is 6.54 Å². The smallest absolute Gasteiger partial charge is 0.124 e. The Balaban J connectivity index is 0.00000162. The number of piperidine rings is 1. The van der Waals surface area contributed by atoms with Gasteiger partial charge in [0.15, 0.2) is 0 Å². The minimum atomic E-state index is -0.271. The van der Waals surface area contributed by atoms with Gasteiger partial charge in [0.2, 0.25) is 0 Å². The predicted octanol–water partition coefficient (Wildman–Crippen LogP) is 3.08. The maximum Gasteiger partial charge on any atom is 0.124 e. The van der Waals surface area contributed by atoms with Gasteiger partial charge in [0.25, 0.3) is 0 Å². The number of hydrogen-bond donors (Lipinski definition) is 1. The summed E-state index contributed by atoms with van der Waals surface area (Å²) in [6, 6.07) is 5.27. The zero-order valence-electron chi connectivity index (χ0n) is 10.5. The summed E-state index contributed by atoms with van der Waals surface area (Å²) in [5.41, 5.74) is 1.01. The summed E-state index contributed by atoms with van der Waals surface area (Å²) in [5.74, 6) is -0.271. The minimum absolute atomic E-state index is 0. The van der Waals surface area contributed by atoms with Crippen LogP contribution in [0.1, 0.15) is 18.4 Å². The van der Waals surface area contributed by atoms with E-state index in [1.165, 1.54) is 12.1 Å². The van der Waals surface area contributed by atoms with Crippen LogP contribution in [0.2, 0.25) is 5.02 Å². The van der Waals surface area contributed by atoms with Crippen LogP contribution in [0.4, 0.5) is 4.39 Å². The molecule has 1 saturated heterocycles. The monoisotopic (exact) mass is 292 g/mol. The van der Waals surface area contributed by atoms with Crippen LogP contribution in [0.15, 0.2) is 18.2 Å². The first-order valence-electron chi connectivity index (χ1n) is 6.02. The Labute approximate surface area is 119 Å². The molecule has 102 valence electrons. The lowest BCUT2D eigenvalue weighted by molar-refractivity contribution is 0.194. The molecule has 1 heterocycles. The van der Waals surface area contributed by atoms with E-state index >= 15 is 0 Å². The fourth-order valence-electron chi connectivity index (χ4n) is 2.27. The Bertz CT molecular complexity index is 379. The van der Waals surface area contributed by atoms with Crippen molar-refractivity contribution in [3.05, 3.63) is 34.6 Å². The van der Waals surface area contributed by atoms with Crippen LogP contribution in [-0.4, -0.2) is 31.1 Å². The number of nitrogens with one attached hydrogen (secondary N) is 1. The molecule has 0 aliphatic carbocycles. The summed E-state index contributed by atoms with van der Waals surface area (Å²) in [7, 11) is 2.01. The van der Waals surface area contributed by atoms with E-state index in [4.69, 9.17) is 11.6 Å². The lowest BCUT2D eigenvalue weighted by Gasteiger charge is -2.31. The van der Waals surface area contributed by atoms with Gasteiger partial charge in [-0.25, -0.2) is 4.39 Å². The first kappa shape index (κ1) is 15.7. The molecule has 1 aliphatic heterocycles. The van der Waals surface area contributed by atoms with Crippen molar-refractivity contribution in [2.75, 3.05) is 20.1 Å². The van der Waals surface area contributed by atoms with E-state index in [0.717, 1.165) is 38.0 Å². The molecule has 18 heavy (non-hydrogen) atoms. The Hall–Kier alpha value is -0.350. The summed E-state index contributed by atoms with van der Waals surface area (Å²) >= 11 is 6.03. The van der Waals surface area contributed by atoms with E-state index in [9.17, 15) is 4.39 Å². The molecule has 0 bridgehead atoms. The zero-order chi connectivity index (χ0) is 12.3. The highest BCUT2D eigenvalue weighted by Gasteiger charge is 2.18. The summed E-state index contributed by atoms with van der Waals surface area (Å²) in [5, 5.41) is 3.83. The second kappa shape index (κ2) is 7.29. The molecule has 1 fully saturated rings. The summed E-state index contributed by atoms with van der Waals surface area (Å²) < 4.78 is 12.9. The van der Waals surface area contributed by atoms with Gasteiger partial charge in [0, 0.05) is 17.6 Å². The number of likely N-dealkylation sites (tertiary alicyclic amines) is 1. The molecular weight excluding hydrogens is 274 g/mol. The van der Waals surface area contributed by atoms with Crippen molar-refractivity contribution in [2.45, 2.75) is 25.4 Å². The maximum atomic E-state index is 12.9. The van der Waals surface area contributed by atoms with Crippen LogP contribution < -0.4 is 5.32 Å². The van der Waals surface area contributed by atoms with Gasteiger partial charge in [0.05, 0.1) is 0 Å². The largest absolute Gasteiger partial charge is 0.317 e. The van der Waals surface area contributed by atoms with Gasteiger partial charge in [-0.2, -0.15) is 0 Å². The Kier molecular flexibility index (Phi) is 6.36. The first-order chi connectivity index (χ1) is 8.19. The summed E-state index contributed by atoms with van der Waals surface area (Å²) in [6.07, 6.45) is 2.32. The van der Waals surface area contributed by atoms with Crippen LogP contribution in [0.3, 0.4) is 0 Å². The van der Waals surface area contributed by atoms with E-state index in [-0.39, 0.29) is 18.2 Å². The predicted molar refractivity (Wildman–Crippen MR) is 76.0 cm³/mol. The molecule has 2 nitrogen and oxygen atoms in total. The van der Waals surface area contributed by atoms with Crippen LogP contribution in [0.25, 0.3) is 0 Å². The van der Waals surface area contributed by atoms with Gasteiger partial charge in [0.1, 0.15) is 5.82 Å². The molecule has 0 aromatic heterocycles. The van der Waals surface area contributed by atoms with Crippen molar-refractivity contribution in [1.82, 2.24) is 10.2 Å². The SMILES string of the molecule is CNC1CCN(Cc2ccc(F)cc2Cl)CC1.Cl. The second-order valence-electron chi connectivity index (χ2n) is 4.57. The normalized spacial score (nSPS) is 17.5. The number of benzene rings is 1. The first-order valence-corrected chi connectivity index (χ1v) is 6.40. The number of rotatable bonds is 3. The fraction of sp³-hybridized carbons (Fsp3) is 0.538. The third kappa shape index (κ3) is 4.09. The van der Waals surface area contributed by atoms with Gasteiger partial charge in [-0.15, -0.1) is 12.4 Å². The Morgan fingerprint density at radius 1 is 1.39 bits per heavy atom. The summed E-state index contributed by atoms with van der Waals surface area (Å²) in [4.78, 5) is 2.37. The van der Waals surface area contributed by atoms with Crippen molar-refractivity contribution >= 4 is 24.0 Å². The second-order valence-corrected chi connectivity index (χ2v) is 4.98. The van der Waals surface area contributed by atoms with Crippen molar-refractivity contribution in [3.8, 4) is 0 Å². The van der Waals surface area contributed by atoms with Crippen LogP contribution in [0, 0.1) is 5.82 Å². The van der Waals surface area contributed by atoms with E-state index in [1.807, 2.05) is 7.05 Å². The molecule has 1 N–H and O–H groups in total. The highest BCUT2D eigenvalue weighted by atomic mass is 35.5. The van der Waals surface area contributed by atoms with E-state index in [2.05, 4.69) is 10.2 Å². The maximum absolute atomic E-state index is 12.9. The van der Waals surface area contributed by atoms with Crippen molar-refractivity contribution in [3.63, 3.8) is 0 Å².